The lowest BCUT2D eigenvalue weighted by Crippen LogP contribution is -2.29. The summed E-state index contributed by atoms with van der Waals surface area (Å²) in [7, 11) is 0. The number of carbonyl (C=O) groups excluding carboxylic acids is 2. The Bertz CT molecular complexity index is 1390. The molecule has 1 aromatic heterocycles. The summed E-state index contributed by atoms with van der Waals surface area (Å²) >= 11 is 0. The Labute approximate surface area is 165 Å². The van der Waals surface area contributed by atoms with Gasteiger partial charge in [0.25, 0.3) is 11.8 Å². The Morgan fingerprint density at radius 3 is 2.45 bits per heavy atom. The second-order valence-electron chi connectivity index (χ2n) is 6.87. The highest BCUT2D eigenvalue weighted by molar-refractivity contribution is 6.34. The zero-order chi connectivity index (χ0) is 20.1. The Hall–Kier alpha value is -4.06. The summed E-state index contributed by atoms with van der Waals surface area (Å²) in [5, 5.41) is 0.384. The number of anilines is 1. The van der Waals surface area contributed by atoms with Gasteiger partial charge in [-0.05, 0) is 55.0 Å². The van der Waals surface area contributed by atoms with Crippen molar-refractivity contribution in [3.63, 3.8) is 0 Å². The summed E-state index contributed by atoms with van der Waals surface area (Å²) in [5.41, 5.74) is 2.49. The van der Waals surface area contributed by atoms with Crippen molar-refractivity contribution in [1.29, 1.82) is 0 Å². The van der Waals surface area contributed by atoms with Crippen LogP contribution in [-0.4, -0.2) is 16.8 Å². The molecule has 140 valence electrons. The first-order valence-corrected chi connectivity index (χ1v) is 9.03. The van der Waals surface area contributed by atoms with Crippen molar-refractivity contribution in [2.45, 2.75) is 6.92 Å². The minimum atomic E-state index is -0.505. The van der Waals surface area contributed by atoms with Crippen LogP contribution in [0.15, 0.2) is 75.9 Å². The molecule has 0 saturated carbocycles. The third kappa shape index (κ3) is 2.65. The van der Waals surface area contributed by atoms with Crippen molar-refractivity contribution < 1.29 is 14.0 Å². The van der Waals surface area contributed by atoms with Gasteiger partial charge in [0.2, 0.25) is 5.89 Å². The molecule has 3 aromatic carbocycles. The summed E-state index contributed by atoms with van der Waals surface area (Å²) in [6, 6.07) is 18.8. The molecule has 4 aromatic rings. The maximum atomic E-state index is 13.0. The summed E-state index contributed by atoms with van der Waals surface area (Å²) in [5.74, 6) is -0.693. The van der Waals surface area contributed by atoms with Gasteiger partial charge in [0.15, 0.2) is 0 Å². The van der Waals surface area contributed by atoms with Crippen molar-refractivity contribution >= 4 is 28.4 Å². The Morgan fingerprint density at radius 2 is 1.62 bits per heavy atom. The molecule has 2 amide bonds. The van der Waals surface area contributed by atoms with E-state index in [9.17, 15) is 14.4 Å². The molecule has 2 heterocycles. The smallest absolute Gasteiger partial charge is 0.347 e. The first-order chi connectivity index (χ1) is 14.0. The Kier molecular flexibility index (Phi) is 3.67. The van der Waals surface area contributed by atoms with Crippen LogP contribution in [0.2, 0.25) is 0 Å². The molecule has 6 heteroatoms. The average Bonchev–Trinajstić information content (AvgIpc) is 2.98. The number of para-hydroxylation sites is 1. The largest absolute Gasteiger partial charge is 0.403 e. The second kappa shape index (κ2) is 6.24. The SMILES string of the molecule is Cc1cccc(N2C(=O)c3ccc(-c4nc5ccccc5c(=O)o4)cc3C2=O)c1. The Morgan fingerprint density at radius 1 is 0.828 bits per heavy atom. The lowest BCUT2D eigenvalue weighted by atomic mass is 10.1. The van der Waals surface area contributed by atoms with Gasteiger partial charge >= 0.3 is 5.63 Å². The Balaban J connectivity index is 1.61. The van der Waals surface area contributed by atoms with Gasteiger partial charge in [0, 0.05) is 5.56 Å². The number of carbonyl (C=O) groups is 2. The maximum absolute atomic E-state index is 13.0. The van der Waals surface area contributed by atoms with Crippen LogP contribution >= 0.6 is 0 Å². The van der Waals surface area contributed by atoms with Gasteiger partial charge in [0.05, 0.1) is 27.7 Å². The molecule has 0 N–H and O–H groups in total. The summed E-state index contributed by atoms with van der Waals surface area (Å²) in [6.45, 7) is 1.90. The van der Waals surface area contributed by atoms with Crippen LogP contribution in [0, 0.1) is 6.92 Å². The van der Waals surface area contributed by atoms with E-state index in [1.807, 2.05) is 13.0 Å². The topological polar surface area (TPSA) is 80.5 Å². The highest BCUT2D eigenvalue weighted by atomic mass is 16.4. The number of hydrogen-bond acceptors (Lipinski definition) is 5. The molecular weight excluding hydrogens is 368 g/mol. The molecule has 29 heavy (non-hydrogen) atoms. The van der Waals surface area contributed by atoms with Crippen molar-refractivity contribution in [3.05, 3.63) is 93.8 Å². The fourth-order valence-corrected chi connectivity index (χ4v) is 3.52. The molecule has 0 bridgehead atoms. The molecule has 1 aliphatic heterocycles. The van der Waals surface area contributed by atoms with E-state index in [-0.39, 0.29) is 17.4 Å². The summed E-state index contributed by atoms with van der Waals surface area (Å²) in [6.07, 6.45) is 0. The lowest BCUT2D eigenvalue weighted by molar-refractivity contribution is 0.0926. The monoisotopic (exact) mass is 382 g/mol. The lowest BCUT2D eigenvalue weighted by Gasteiger charge is -2.14. The van der Waals surface area contributed by atoms with E-state index in [4.69, 9.17) is 4.42 Å². The molecule has 0 fully saturated rings. The first-order valence-electron chi connectivity index (χ1n) is 9.03. The molecule has 0 saturated heterocycles. The molecular formula is C23H14N2O4. The van der Waals surface area contributed by atoms with Crippen molar-refractivity contribution in [3.8, 4) is 11.5 Å². The third-order valence-corrected chi connectivity index (χ3v) is 4.93. The van der Waals surface area contributed by atoms with Crippen LogP contribution < -0.4 is 10.5 Å². The van der Waals surface area contributed by atoms with Gasteiger partial charge in [-0.15, -0.1) is 0 Å². The van der Waals surface area contributed by atoms with E-state index in [0.717, 1.165) is 10.5 Å². The predicted octanol–water partition coefficient (Wildman–Crippen LogP) is 3.96. The first kappa shape index (κ1) is 17.1. The molecule has 0 spiro atoms. The van der Waals surface area contributed by atoms with Crippen LogP contribution in [-0.2, 0) is 0 Å². The molecule has 0 atom stereocenters. The maximum Gasteiger partial charge on any atom is 0.347 e. The number of aryl methyl sites for hydroxylation is 1. The van der Waals surface area contributed by atoms with Gasteiger partial charge in [-0.1, -0.05) is 24.3 Å². The van der Waals surface area contributed by atoms with E-state index in [1.54, 1.807) is 60.7 Å². The van der Waals surface area contributed by atoms with Crippen molar-refractivity contribution in [2.75, 3.05) is 4.90 Å². The number of amides is 2. The predicted molar refractivity (Wildman–Crippen MR) is 108 cm³/mol. The molecule has 0 radical (unpaired) electrons. The highest BCUT2D eigenvalue weighted by Crippen LogP contribution is 2.31. The minimum absolute atomic E-state index is 0.103. The third-order valence-electron chi connectivity index (χ3n) is 4.93. The van der Waals surface area contributed by atoms with Crippen LogP contribution in [0.1, 0.15) is 26.3 Å². The van der Waals surface area contributed by atoms with Gasteiger partial charge in [0.1, 0.15) is 0 Å². The molecule has 0 aliphatic carbocycles. The number of aromatic nitrogens is 1. The van der Waals surface area contributed by atoms with Crippen molar-refractivity contribution in [1.82, 2.24) is 4.98 Å². The van der Waals surface area contributed by atoms with Gasteiger partial charge in [-0.2, -0.15) is 0 Å². The molecule has 5 rings (SSSR count). The van der Waals surface area contributed by atoms with E-state index in [2.05, 4.69) is 4.98 Å². The minimum Gasteiger partial charge on any atom is -0.403 e. The van der Waals surface area contributed by atoms with Gasteiger partial charge < -0.3 is 4.42 Å². The number of nitrogens with zero attached hydrogens (tertiary/aromatic N) is 2. The van der Waals surface area contributed by atoms with Crippen LogP contribution in [0.4, 0.5) is 5.69 Å². The van der Waals surface area contributed by atoms with E-state index in [0.29, 0.717) is 27.7 Å². The van der Waals surface area contributed by atoms with E-state index >= 15 is 0 Å². The number of imide groups is 1. The van der Waals surface area contributed by atoms with Crippen LogP contribution in [0.3, 0.4) is 0 Å². The normalized spacial score (nSPS) is 13.2. The quantitative estimate of drug-likeness (QED) is 0.490. The van der Waals surface area contributed by atoms with Gasteiger partial charge in [-0.3, -0.25) is 9.59 Å². The summed E-state index contributed by atoms with van der Waals surface area (Å²) < 4.78 is 5.35. The summed E-state index contributed by atoms with van der Waals surface area (Å²) in [4.78, 5) is 43.6. The molecule has 1 aliphatic rings. The fraction of sp³-hybridized carbons (Fsp3) is 0.0435. The molecule has 0 unspecified atom stereocenters. The number of benzene rings is 3. The standard InChI is InChI=1S/C23H14N2O4/c1-13-5-4-6-15(11-13)25-21(26)16-10-9-14(12-18(16)22(25)27)20-24-19-8-3-2-7-17(19)23(28)29-20/h2-12H,1H3. The highest BCUT2D eigenvalue weighted by Gasteiger charge is 2.37. The van der Waals surface area contributed by atoms with Crippen molar-refractivity contribution in [2.24, 2.45) is 0 Å². The molecule has 6 nitrogen and oxygen atoms in total. The van der Waals surface area contributed by atoms with Crippen LogP contribution in [0.25, 0.3) is 22.4 Å². The fourth-order valence-electron chi connectivity index (χ4n) is 3.52. The van der Waals surface area contributed by atoms with E-state index in [1.165, 1.54) is 0 Å². The zero-order valence-electron chi connectivity index (χ0n) is 15.4. The van der Waals surface area contributed by atoms with E-state index < -0.39 is 11.5 Å². The average molecular weight is 382 g/mol. The number of rotatable bonds is 2. The van der Waals surface area contributed by atoms with Crippen LogP contribution in [0.5, 0.6) is 0 Å². The number of fused-ring (bicyclic) bond motifs is 2. The number of hydrogen-bond donors (Lipinski definition) is 0. The van der Waals surface area contributed by atoms with Gasteiger partial charge in [-0.25, -0.2) is 14.7 Å². The zero-order valence-corrected chi connectivity index (χ0v) is 15.4. The second-order valence-corrected chi connectivity index (χ2v) is 6.87.